The predicted molar refractivity (Wildman–Crippen MR) is 84.5 cm³/mol. The lowest BCUT2D eigenvalue weighted by atomic mass is 10.2. The van der Waals surface area contributed by atoms with Gasteiger partial charge in [-0.15, -0.1) is 0 Å². The summed E-state index contributed by atoms with van der Waals surface area (Å²) < 4.78 is 13.2. The summed E-state index contributed by atoms with van der Waals surface area (Å²) in [4.78, 5) is 6.30. The highest BCUT2D eigenvalue weighted by Crippen LogP contribution is 2.05. The minimum atomic E-state index is -0.220. The van der Waals surface area contributed by atoms with Crippen molar-refractivity contribution in [2.75, 3.05) is 14.1 Å². The zero-order chi connectivity index (χ0) is 15.1. The Kier molecular flexibility index (Phi) is 5.32. The zero-order valence-electron chi connectivity index (χ0n) is 12.4. The highest BCUT2D eigenvalue weighted by molar-refractivity contribution is 5.79. The van der Waals surface area contributed by atoms with Gasteiger partial charge in [0.25, 0.3) is 0 Å². The molecule has 2 aromatic carbocycles. The summed E-state index contributed by atoms with van der Waals surface area (Å²) in [5.74, 6) is 0.560. The van der Waals surface area contributed by atoms with Crippen LogP contribution in [0.5, 0.6) is 0 Å². The molecule has 110 valence electrons. The van der Waals surface area contributed by atoms with E-state index in [1.54, 1.807) is 13.1 Å². The van der Waals surface area contributed by atoms with Crippen molar-refractivity contribution in [1.29, 1.82) is 0 Å². The molecule has 0 bridgehead atoms. The molecule has 0 unspecified atom stereocenters. The van der Waals surface area contributed by atoms with Crippen molar-refractivity contribution in [1.82, 2.24) is 10.2 Å². The van der Waals surface area contributed by atoms with E-state index in [0.29, 0.717) is 6.54 Å². The molecule has 1 N–H and O–H groups in total. The van der Waals surface area contributed by atoms with E-state index in [0.717, 1.165) is 18.1 Å². The number of nitrogens with one attached hydrogen (secondary N) is 1. The van der Waals surface area contributed by atoms with Gasteiger partial charge >= 0.3 is 0 Å². The molecule has 0 amide bonds. The summed E-state index contributed by atoms with van der Waals surface area (Å²) in [6.45, 7) is 1.31. The molecule has 3 nitrogen and oxygen atoms in total. The molecule has 4 heteroatoms. The molecule has 0 aliphatic carbocycles. The fourth-order valence-corrected chi connectivity index (χ4v) is 2.14. The van der Waals surface area contributed by atoms with Crippen LogP contribution >= 0.6 is 0 Å². The Balaban J connectivity index is 1.94. The van der Waals surface area contributed by atoms with Crippen LogP contribution in [0.1, 0.15) is 11.1 Å². The number of benzene rings is 2. The van der Waals surface area contributed by atoms with E-state index >= 15 is 0 Å². The normalized spacial score (nSPS) is 11.3. The van der Waals surface area contributed by atoms with Gasteiger partial charge in [-0.05, 0) is 23.3 Å². The maximum atomic E-state index is 13.2. The summed E-state index contributed by atoms with van der Waals surface area (Å²) >= 11 is 0. The van der Waals surface area contributed by atoms with Gasteiger partial charge < -0.3 is 10.2 Å². The number of hydrogen-bond donors (Lipinski definition) is 1. The molecule has 21 heavy (non-hydrogen) atoms. The molecule has 0 aliphatic rings. The first kappa shape index (κ1) is 15.0. The molecule has 0 atom stereocenters. The van der Waals surface area contributed by atoms with Gasteiger partial charge in [-0.25, -0.2) is 4.39 Å². The van der Waals surface area contributed by atoms with Gasteiger partial charge in [-0.3, -0.25) is 4.99 Å². The third-order valence-electron chi connectivity index (χ3n) is 3.18. The fraction of sp³-hybridized carbons (Fsp3) is 0.235. The molecule has 0 fully saturated rings. The third kappa shape index (κ3) is 4.60. The summed E-state index contributed by atoms with van der Waals surface area (Å²) in [6, 6.07) is 16.8. The van der Waals surface area contributed by atoms with Gasteiger partial charge in [-0.1, -0.05) is 42.5 Å². The van der Waals surface area contributed by atoms with Crippen LogP contribution in [0.15, 0.2) is 59.6 Å². The van der Waals surface area contributed by atoms with Crippen LogP contribution < -0.4 is 5.32 Å². The average Bonchev–Trinajstić information content (AvgIpc) is 2.49. The number of guanidine groups is 1. The average molecular weight is 285 g/mol. The number of nitrogens with zero attached hydrogens (tertiary/aromatic N) is 2. The van der Waals surface area contributed by atoms with E-state index in [9.17, 15) is 4.39 Å². The third-order valence-corrected chi connectivity index (χ3v) is 3.18. The number of rotatable bonds is 4. The summed E-state index contributed by atoms with van der Waals surface area (Å²) in [5, 5.41) is 3.24. The fourth-order valence-electron chi connectivity index (χ4n) is 2.14. The summed E-state index contributed by atoms with van der Waals surface area (Å²) in [5.41, 5.74) is 2.11. The van der Waals surface area contributed by atoms with Crippen molar-refractivity contribution in [3.8, 4) is 0 Å². The Hall–Kier alpha value is -2.36. The van der Waals surface area contributed by atoms with Crippen molar-refractivity contribution in [3.05, 3.63) is 71.5 Å². The van der Waals surface area contributed by atoms with Gasteiger partial charge in [0.2, 0.25) is 0 Å². The van der Waals surface area contributed by atoms with Crippen molar-refractivity contribution in [3.63, 3.8) is 0 Å². The number of aliphatic imine (C=N–C) groups is 1. The lowest BCUT2D eigenvalue weighted by Crippen LogP contribution is -2.38. The Bertz CT molecular complexity index is 596. The Morgan fingerprint density at radius 3 is 2.48 bits per heavy atom. The Morgan fingerprint density at radius 2 is 1.81 bits per heavy atom. The van der Waals surface area contributed by atoms with Crippen LogP contribution in [0, 0.1) is 5.82 Å². The maximum absolute atomic E-state index is 13.2. The largest absolute Gasteiger partial charge is 0.352 e. The quantitative estimate of drug-likeness (QED) is 0.690. The molecular formula is C17H20FN3. The van der Waals surface area contributed by atoms with Gasteiger partial charge in [0.15, 0.2) is 5.96 Å². The first-order chi connectivity index (χ1) is 10.2. The SMILES string of the molecule is CN=C(NCc1cccc(F)c1)N(C)Cc1ccccc1. The lowest BCUT2D eigenvalue weighted by molar-refractivity contribution is 0.476. The minimum absolute atomic E-state index is 0.220. The van der Waals surface area contributed by atoms with Gasteiger partial charge in [0, 0.05) is 27.2 Å². The van der Waals surface area contributed by atoms with E-state index in [1.165, 1.54) is 17.7 Å². The predicted octanol–water partition coefficient (Wildman–Crippen LogP) is 3.03. The van der Waals surface area contributed by atoms with Gasteiger partial charge in [0.1, 0.15) is 5.82 Å². The highest BCUT2D eigenvalue weighted by Gasteiger charge is 2.06. The van der Waals surface area contributed by atoms with Crippen LogP contribution in [-0.2, 0) is 13.1 Å². The van der Waals surface area contributed by atoms with E-state index in [2.05, 4.69) is 22.4 Å². The molecule has 0 saturated heterocycles. The molecule has 2 rings (SSSR count). The Morgan fingerprint density at radius 1 is 1.10 bits per heavy atom. The van der Waals surface area contributed by atoms with Crippen LogP contribution in [0.4, 0.5) is 4.39 Å². The maximum Gasteiger partial charge on any atom is 0.193 e. The second kappa shape index (κ2) is 7.43. The van der Waals surface area contributed by atoms with Crippen LogP contribution in [0.2, 0.25) is 0 Å². The van der Waals surface area contributed by atoms with E-state index in [4.69, 9.17) is 0 Å². The zero-order valence-corrected chi connectivity index (χ0v) is 12.4. The van der Waals surface area contributed by atoms with Crippen molar-refractivity contribution < 1.29 is 4.39 Å². The number of halogens is 1. The topological polar surface area (TPSA) is 27.6 Å². The first-order valence-corrected chi connectivity index (χ1v) is 6.89. The standard InChI is InChI=1S/C17H20FN3/c1-19-17(20-12-15-9-6-10-16(18)11-15)21(2)13-14-7-4-3-5-8-14/h3-11H,12-13H2,1-2H3,(H,19,20). The van der Waals surface area contributed by atoms with E-state index in [-0.39, 0.29) is 5.82 Å². The molecule has 0 saturated carbocycles. The molecule has 0 aromatic heterocycles. The van der Waals surface area contributed by atoms with Crippen LogP contribution in [0.25, 0.3) is 0 Å². The second-order valence-corrected chi connectivity index (χ2v) is 4.87. The molecule has 2 aromatic rings. The second-order valence-electron chi connectivity index (χ2n) is 4.87. The highest BCUT2D eigenvalue weighted by atomic mass is 19.1. The van der Waals surface area contributed by atoms with Crippen LogP contribution in [-0.4, -0.2) is 25.0 Å². The smallest absolute Gasteiger partial charge is 0.193 e. The summed E-state index contributed by atoms with van der Waals surface area (Å²) in [6.07, 6.45) is 0. The van der Waals surface area contributed by atoms with E-state index in [1.807, 2.05) is 36.2 Å². The summed E-state index contributed by atoms with van der Waals surface area (Å²) in [7, 11) is 3.73. The molecule has 0 radical (unpaired) electrons. The van der Waals surface area contributed by atoms with Gasteiger partial charge in [0.05, 0.1) is 0 Å². The van der Waals surface area contributed by atoms with E-state index < -0.39 is 0 Å². The van der Waals surface area contributed by atoms with Crippen LogP contribution in [0.3, 0.4) is 0 Å². The molecule has 0 heterocycles. The van der Waals surface area contributed by atoms with Gasteiger partial charge in [-0.2, -0.15) is 0 Å². The van der Waals surface area contributed by atoms with Crippen molar-refractivity contribution >= 4 is 5.96 Å². The number of hydrogen-bond acceptors (Lipinski definition) is 1. The molecular weight excluding hydrogens is 265 g/mol. The van der Waals surface area contributed by atoms with Crippen molar-refractivity contribution in [2.45, 2.75) is 13.1 Å². The van der Waals surface area contributed by atoms with Crippen molar-refractivity contribution in [2.24, 2.45) is 4.99 Å². The Labute approximate surface area is 125 Å². The monoisotopic (exact) mass is 285 g/mol. The molecule has 0 spiro atoms. The lowest BCUT2D eigenvalue weighted by Gasteiger charge is -2.22. The molecule has 0 aliphatic heterocycles. The minimum Gasteiger partial charge on any atom is -0.352 e. The first-order valence-electron chi connectivity index (χ1n) is 6.89.